The predicted octanol–water partition coefficient (Wildman–Crippen LogP) is 4.49. The van der Waals surface area contributed by atoms with E-state index in [-0.39, 0.29) is 16.8 Å². The molecule has 1 aromatic carbocycles. The van der Waals surface area contributed by atoms with Gasteiger partial charge in [0, 0.05) is 54.1 Å². The molecular weight excluding hydrogens is 485 g/mol. The van der Waals surface area contributed by atoms with E-state index >= 15 is 0 Å². The zero-order valence-electron chi connectivity index (χ0n) is 18.4. The summed E-state index contributed by atoms with van der Waals surface area (Å²) >= 11 is 0. The smallest absolute Gasteiger partial charge is 0.391 e. The number of aromatic nitrogens is 2. The van der Waals surface area contributed by atoms with E-state index in [4.69, 9.17) is 0 Å². The highest BCUT2D eigenvalue weighted by molar-refractivity contribution is 6.05. The Bertz CT molecular complexity index is 1320. The van der Waals surface area contributed by atoms with Crippen molar-refractivity contribution in [1.82, 2.24) is 9.97 Å². The second-order valence-electron chi connectivity index (χ2n) is 8.16. The van der Waals surface area contributed by atoms with Crippen LogP contribution in [-0.4, -0.2) is 46.4 Å². The Morgan fingerprint density at radius 2 is 1.83 bits per heavy atom. The van der Waals surface area contributed by atoms with Crippen LogP contribution in [0.25, 0.3) is 11.1 Å². The number of β-amino-alcohol motifs (C(OH)–C–C–N with tert-alkyl or cyclic N) is 1. The quantitative estimate of drug-likeness (QED) is 0.498. The van der Waals surface area contributed by atoms with Gasteiger partial charge in [-0.15, -0.1) is 0 Å². The van der Waals surface area contributed by atoms with Crippen molar-refractivity contribution in [3.05, 3.63) is 71.7 Å². The molecule has 0 spiro atoms. The topological polar surface area (TPSA) is 102 Å². The molecule has 2 aromatic heterocycles. The average Bonchev–Trinajstić information content (AvgIpc) is 3.29. The molecule has 1 unspecified atom stereocenters. The van der Waals surface area contributed by atoms with Crippen molar-refractivity contribution < 1.29 is 31.9 Å². The first-order valence-electron chi connectivity index (χ1n) is 10.6. The first-order valence-corrected chi connectivity index (χ1v) is 10.6. The fraction of sp³-hybridized carbons (Fsp3) is 0.250. The highest BCUT2D eigenvalue weighted by atomic mass is 19.4. The number of carbonyl (C=O) groups excluding carboxylic acids is 1. The van der Waals surface area contributed by atoms with Crippen LogP contribution in [0.2, 0.25) is 0 Å². The van der Waals surface area contributed by atoms with Crippen LogP contribution < -0.4 is 10.2 Å². The molecule has 4 rings (SSSR count). The Morgan fingerprint density at radius 1 is 1.11 bits per heavy atom. The van der Waals surface area contributed by atoms with Crippen LogP contribution in [0.1, 0.15) is 27.9 Å². The summed E-state index contributed by atoms with van der Waals surface area (Å²) in [7, 11) is 0. The molecule has 0 saturated carbocycles. The van der Waals surface area contributed by atoms with Crippen molar-refractivity contribution in [2.75, 3.05) is 23.3 Å². The van der Waals surface area contributed by atoms with Crippen molar-refractivity contribution in [2.45, 2.75) is 24.6 Å². The lowest BCUT2D eigenvalue weighted by atomic mass is 10.0. The lowest BCUT2D eigenvalue weighted by molar-refractivity contribution is -0.289. The summed E-state index contributed by atoms with van der Waals surface area (Å²) in [6.45, 7) is 0.846. The van der Waals surface area contributed by atoms with E-state index in [1.165, 1.54) is 24.7 Å². The van der Waals surface area contributed by atoms with Gasteiger partial charge in [0.25, 0.3) is 5.91 Å². The minimum absolute atomic E-state index is 0.00293. The fourth-order valence-corrected chi connectivity index (χ4v) is 3.76. The summed E-state index contributed by atoms with van der Waals surface area (Å²) in [5.74, 6) is -5.24. The number of nitrogens with one attached hydrogen (secondary N) is 1. The van der Waals surface area contributed by atoms with Gasteiger partial charge in [-0.05, 0) is 30.7 Å². The number of alkyl halides is 5. The standard InChI is InChI=1S/C24H18F5N5O2/c25-23(26,24(27,28)29)17-1-3-18(4-2-17)33-22(36)16-8-20(15-7-14(9-30)10-31-11-15)21(32-12-16)34-6-5-19(35)13-34/h1-4,7-8,10-12,19,35H,5-6,13H2,(H,33,36). The molecule has 36 heavy (non-hydrogen) atoms. The monoisotopic (exact) mass is 503 g/mol. The Labute approximate surface area is 201 Å². The zero-order valence-corrected chi connectivity index (χ0v) is 18.4. The number of aliphatic hydroxyl groups excluding tert-OH is 1. The van der Waals surface area contributed by atoms with E-state index < -0.39 is 29.7 Å². The van der Waals surface area contributed by atoms with Crippen molar-refractivity contribution in [3.63, 3.8) is 0 Å². The largest absolute Gasteiger partial charge is 0.458 e. The lowest BCUT2D eigenvalue weighted by Gasteiger charge is -2.21. The van der Waals surface area contributed by atoms with Crippen LogP contribution in [0, 0.1) is 11.3 Å². The zero-order chi connectivity index (χ0) is 26.1. The molecule has 12 heteroatoms. The van der Waals surface area contributed by atoms with E-state index in [0.717, 1.165) is 12.1 Å². The first-order chi connectivity index (χ1) is 17.0. The Kier molecular flexibility index (Phi) is 6.60. The highest BCUT2D eigenvalue weighted by Gasteiger charge is 2.58. The number of carbonyl (C=O) groups is 1. The second kappa shape index (κ2) is 9.50. The first kappa shape index (κ1) is 25.0. The molecular formula is C24H18F5N5O2. The number of nitrogens with zero attached hydrogens (tertiary/aromatic N) is 4. The molecule has 1 aliphatic rings. The Balaban J connectivity index is 1.63. The number of hydrogen-bond donors (Lipinski definition) is 2. The third-order valence-electron chi connectivity index (χ3n) is 5.63. The Hall–Kier alpha value is -4.11. The second-order valence-corrected chi connectivity index (χ2v) is 8.16. The summed E-state index contributed by atoms with van der Waals surface area (Å²) in [5, 5.41) is 21.6. The number of aliphatic hydroxyl groups is 1. The lowest BCUT2D eigenvalue weighted by Crippen LogP contribution is -2.33. The fourth-order valence-electron chi connectivity index (χ4n) is 3.76. The van der Waals surface area contributed by atoms with Gasteiger partial charge < -0.3 is 15.3 Å². The number of anilines is 2. The average molecular weight is 503 g/mol. The Morgan fingerprint density at radius 3 is 2.44 bits per heavy atom. The molecule has 1 aliphatic heterocycles. The van der Waals surface area contributed by atoms with Crippen LogP contribution in [0.15, 0.2) is 55.0 Å². The third-order valence-corrected chi connectivity index (χ3v) is 5.63. The number of rotatable bonds is 5. The summed E-state index contributed by atoms with van der Waals surface area (Å²) in [6, 6.07) is 8.14. The van der Waals surface area contributed by atoms with Crippen molar-refractivity contribution in [1.29, 1.82) is 5.26 Å². The maximum atomic E-state index is 13.5. The van der Waals surface area contributed by atoms with Crippen LogP contribution in [0.4, 0.5) is 33.5 Å². The van der Waals surface area contributed by atoms with Gasteiger partial charge in [-0.25, -0.2) is 4.98 Å². The summed E-state index contributed by atoms with van der Waals surface area (Å²) in [4.78, 5) is 23.1. The molecule has 3 heterocycles. The van der Waals surface area contributed by atoms with E-state index in [0.29, 0.717) is 48.6 Å². The summed E-state index contributed by atoms with van der Waals surface area (Å²) < 4.78 is 64.7. The van der Waals surface area contributed by atoms with Gasteiger partial charge in [-0.2, -0.15) is 27.2 Å². The SMILES string of the molecule is N#Cc1cncc(-c2cc(C(=O)Nc3ccc(C(F)(F)C(F)(F)F)cc3)cnc2N2CCC(O)C2)c1. The number of hydrogen-bond acceptors (Lipinski definition) is 6. The van der Waals surface area contributed by atoms with Crippen LogP contribution in [0.5, 0.6) is 0 Å². The van der Waals surface area contributed by atoms with Gasteiger partial charge in [-0.1, -0.05) is 12.1 Å². The maximum Gasteiger partial charge on any atom is 0.458 e. The molecule has 3 aromatic rings. The summed E-state index contributed by atoms with van der Waals surface area (Å²) in [5.41, 5.74) is 0.0843. The van der Waals surface area contributed by atoms with Gasteiger partial charge in [0.2, 0.25) is 0 Å². The molecule has 186 valence electrons. The number of benzene rings is 1. The highest BCUT2D eigenvalue weighted by Crippen LogP contribution is 2.44. The third kappa shape index (κ3) is 4.96. The molecule has 0 aliphatic carbocycles. The molecule has 7 nitrogen and oxygen atoms in total. The molecule has 1 saturated heterocycles. The molecule has 1 fully saturated rings. The molecule has 1 amide bonds. The van der Waals surface area contributed by atoms with Crippen molar-refractivity contribution in [2.24, 2.45) is 0 Å². The van der Waals surface area contributed by atoms with Gasteiger partial charge >= 0.3 is 12.1 Å². The minimum atomic E-state index is -5.75. The van der Waals surface area contributed by atoms with E-state index in [9.17, 15) is 37.1 Å². The van der Waals surface area contributed by atoms with Crippen molar-refractivity contribution in [3.8, 4) is 17.2 Å². The van der Waals surface area contributed by atoms with E-state index in [1.54, 1.807) is 6.07 Å². The van der Waals surface area contributed by atoms with Gasteiger partial charge in [0.15, 0.2) is 0 Å². The molecule has 2 N–H and O–H groups in total. The number of halogens is 5. The number of amides is 1. The van der Waals surface area contributed by atoms with E-state index in [2.05, 4.69) is 15.3 Å². The van der Waals surface area contributed by atoms with Gasteiger partial charge in [-0.3, -0.25) is 9.78 Å². The molecule has 0 bridgehead atoms. The molecule has 0 radical (unpaired) electrons. The van der Waals surface area contributed by atoms with E-state index in [1.807, 2.05) is 11.0 Å². The maximum absolute atomic E-state index is 13.5. The summed E-state index contributed by atoms with van der Waals surface area (Å²) in [6.07, 6.45) is -1.60. The van der Waals surface area contributed by atoms with Crippen LogP contribution in [0.3, 0.4) is 0 Å². The van der Waals surface area contributed by atoms with Crippen LogP contribution >= 0.6 is 0 Å². The number of pyridine rings is 2. The van der Waals surface area contributed by atoms with Gasteiger partial charge in [0.05, 0.1) is 17.2 Å². The minimum Gasteiger partial charge on any atom is -0.391 e. The number of nitriles is 1. The molecule has 1 atom stereocenters. The van der Waals surface area contributed by atoms with Gasteiger partial charge in [0.1, 0.15) is 11.9 Å². The van der Waals surface area contributed by atoms with Crippen LogP contribution in [-0.2, 0) is 5.92 Å². The van der Waals surface area contributed by atoms with Crippen molar-refractivity contribution >= 4 is 17.4 Å². The normalized spacial score (nSPS) is 16.0. The predicted molar refractivity (Wildman–Crippen MR) is 119 cm³/mol.